The summed E-state index contributed by atoms with van der Waals surface area (Å²) in [4.78, 5) is 12.7. The van der Waals surface area contributed by atoms with Gasteiger partial charge in [-0.05, 0) is 54.1 Å². The Morgan fingerprint density at radius 1 is 0.974 bits per heavy atom. The molecule has 0 aliphatic rings. The van der Waals surface area contributed by atoms with Crippen molar-refractivity contribution in [3.63, 3.8) is 0 Å². The third kappa shape index (κ3) is 6.98. The molecule has 0 saturated carbocycles. The van der Waals surface area contributed by atoms with E-state index in [1.54, 1.807) is 19.2 Å². The molecule has 12 heteroatoms. The lowest BCUT2D eigenvalue weighted by Crippen LogP contribution is -2.13. The SMILES string of the molecule is COc1ccc(Cc2nnc(NC(=O)/C(C#N)=C/c3ccccc3OS(=O)(=O)c3ccc(OC)cc3)s2)cc1. The fourth-order valence-electron chi connectivity index (χ4n) is 3.35. The molecule has 39 heavy (non-hydrogen) atoms. The summed E-state index contributed by atoms with van der Waals surface area (Å²) in [7, 11) is -1.13. The average molecular weight is 563 g/mol. The summed E-state index contributed by atoms with van der Waals surface area (Å²) in [6, 6.07) is 21.2. The number of benzene rings is 3. The second-order valence-electron chi connectivity index (χ2n) is 7.90. The Labute approximate surface area is 229 Å². The number of carbonyl (C=O) groups excluding carboxylic acids is 1. The number of ether oxygens (including phenoxy) is 2. The van der Waals surface area contributed by atoms with Crippen LogP contribution in [0.2, 0.25) is 0 Å². The Bertz CT molecular complexity index is 1640. The number of nitrogens with zero attached hydrogens (tertiary/aromatic N) is 3. The second-order valence-corrected chi connectivity index (χ2v) is 10.5. The molecule has 0 saturated heterocycles. The number of nitrogens with one attached hydrogen (secondary N) is 1. The highest BCUT2D eigenvalue weighted by Gasteiger charge is 2.20. The van der Waals surface area contributed by atoms with E-state index in [1.807, 2.05) is 30.3 Å². The van der Waals surface area contributed by atoms with Crippen molar-refractivity contribution in [2.75, 3.05) is 19.5 Å². The van der Waals surface area contributed by atoms with Gasteiger partial charge in [0, 0.05) is 12.0 Å². The lowest BCUT2D eigenvalue weighted by Gasteiger charge is -2.10. The summed E-state index contributed by atoms with van der Waals surface area (Å²) in [5.41, 5.74) is 0.933. The second kappa shape index (κ2) is 12.2. The molecule has 1 amide bonds. The number of anilines is 1. The fourth-order valence-corrected chi connectivity index (χ4v) is 5.07. The number of rotatable bonds is 10. The highest BCUT2D eigenvalue weighted by Crippen LogP contribution is 2.27. The molecule has 198 valence electrons. The van der Waals surface area contributed by atoms with Gasteiger partial charge in [-0.25, -0.2) is 0 Å². The first-order valence-electron chi connectivity index (χ1n) is 11.4. The molecule has 1 N–H and O–H groups in total. The smallest absolute Gasteiger partial charge is 0.339 e. The zero-order valence-corrected chi connectivity index (χ0v) is 22.5. The molecular weight excluding hydrogens is 540 g/mol. The molecule has 0 fully saturated rings. The van der Waals surface area contributed by atoms with Crippen molar-refractivity contribution in [3.8, 4) is 23.3 Å². The summed E-state index contributed by atoms with van der Waals surface area (Å²) >= 11 is 1.18. The first kappa shape index (κ1) is 27.3. The van der Waals surface area contributed by atoms with Crippen LogP contribution in [-0.2, 0) is 21.3 Å². The van der Waals surface area contributed by atoms with Crippen LogP contribution in [0.1, 0.15) is 16.1 Å². The summed E-state index contributed by atoms with van der Waals surface area (Å²) in [6.07, 6.45) is 1.75. The van der Waals surface area contributed by atoms with Gasteiger partial charge in [0.1, 0.15) is 38.8 Å². The van der Waals surface area contributed by atoms with Crippen LogP contribution in [0, 0.1) is 11.3 Å². The molecule has 1 aromatic heterocycles. The summed E-state index contributed by atoms with van der Waals surface area (Å²) < 4.78 is 41.1. The fraction of sp³-hybridized carbons (Fsp3) is 0.111. The van der Waals surface area contributed by atoms with Crippen LogP contribution >= 0.6 is 11.3 Å². The molecule has 0 spiro atoms. The maximum atomic E-state index is 12.8. The zero-order chi connectivity index (χ0) is 27.8. The Balaban J connectivity index is 1.48. The maximum absolute atomic E-state index is 12.8. The van der Waals surface area contributed by atoms with Gasteiger partial charge in [-0.1, -0.05) is 41.7 Å². The number of amides is 1. The Morgan fingerprint density at radius 2 is 1.62 bits per heavy atom. The number of hydrogen-bond acceptors (Lipinski definition) is 10. The first-order valence-corrected chi connectivity index (χ1v) is 13.6. The third-order valence-electron chi connectivity index (χ3n) is 5.33. The van der Waals surface area contributed by atoms with Crippen LogP contribution in [0.4, 0.5) is 5.13 Å². The van der Waals surface area contributed by atoms with E-state index in [0.29, 0.717) is 17.2 Å². The van der Waals surface area contributed by atoms with E-state index >= 15 is 0 Å². The maximum Gasteiger partial charge on any atom is 0.339 e. The number of nitriles is 1. The standard InChI is InChI=1S/C27H22N4O6S2/c1-35-21-9-7-18(8-10-21)15-25-30-31-27(38-25)29-26(32)20(17-28)16-19-5-3-4-6-24(19)37-39(33,34)23-13-11-22(36-2)12-14-23/h3-14,16H,15H2,1-2H3,(H,29,31,32)/b20-16+. The molecule has 4 rings (SSSR count). The highest BCUT2D eigenvalue weighted by atomic mass is 32.2. The molecule has 0 bridgehead atoms. The van der Waals surface area contributed by atoms with Gasteiger partial charge in [0.25, 0.3) is 5.91 Å². The molecule has 3 aromatic carbocycles. The van der Waals surface area contributed by atoms with Gasteiger partial charge in [-0.2, -0.15) is 13.7 Å². The predicted molar refractivity (Wildman–Crippen MR) is 145 cm³/mol. The molecule has 0 aliphatic heterocycles. The number of para-hydroxylation sites is 1. The van der Waals surface area contributed by atoms with Crippen molar-refractivity contribution < 1.29 is 26.9 Å². The minimum Gasteiger partial charge on any atom is -0.497 e. The topological polar surface area (TPSA) is 140 Å². The molecule has 0 aliphatic carbocycles. The van der Waals surface area contributed by atoms with Crippen LogP contribution in [-0.4, -0.2) is 38.7 Å². The molecule has 1 heterocycles. The van der Waals surface area contributed by atoms with Gasteiger partial charge < -0.3 is 13.7 Å². The van der Waals surface area contributed by atoms with Gasteiger partial charge in [-0.3, -0.25) is 10.1 Å². The van der Waals surface area contributed by atoms with Gasteiger partial charge in [-0.15, -0.1) is 10.2 Å². The van der Waals surface area contributed by atoms with E-state index in [1.165, 1.54) is 60.9 Å². The van der Waals surface area contributed by atoms with E-state index in [0.717, 1.165) is 11.3 Å². The Hall–Kier alpha value is -4.73. The quantitative estimate of drug-likeness (QED) is 0.168. The van der Waals surface area contributed by atoms with Crippen LogP contribution in [0.25, 0.3) is 6.08 Å². The molecule has 0 unspecified atom stereocenters. The van der Waals surface area contributed by atoms with Crippen molar-refractivity contribution in [1.29, 1.82) is 5.26 Å². The number of aromatic nitrogens is 2. The van der Waals surface area contributed by atoms with Gasteiger partial charge in [0.05, 0.1) is 14.2 Å². The van der Waals surface area contributed by atoms with Crippen molar-refractivity contribution in [2.24, 2.45) is 0 Å². The van der Waals surface area contributed by atoms with Crippen molar-refractivity contribution in [1.82, 2.24) is 10.2 Å². The van der Waals surface area contributed by atoms with E-state index in [9.17, 15) is 18.5 Å². The monoisotopic (exact) mass is 562 g/mol. The van der Waals surface area contributed by atoms with E-state index in [-0.39, 0.29) is 26.9 Å². The number of methoxy groups -OCH3 is 2. The van der Waals surface area contributed by atoms with Crippen LogP contribution in [0.5, 0.6) is 17.2 Å². The van der Waals surface area contributed by atoms with Gasteiger partial charge in [0.2, 0.25) is 5.13 Å². The van der Waals surface area contributed by atoms with Gasteiger partial charge >= 0.3 is 10.1 Å². The number of hydrogen-bond donors (Lipinski definition) is 1. The lowest BCUT2D eigenvalue weighted by molar-refractivity contribution is -0.112. The minimum atomic E-state index is -4.19. The average Bonchev–Trinajstić information content (AvgIpc) is 3.39. The number of carbonyl (C=O) groups is 1. The van der Waals surface area contributed by atoms with Crippen LogP contribution < -0.4 is 19.0 Å². The molecule has 0 radical (unpaired) electrons. The Morgan fingerprint density at radius 3 is 2.26 bits per heavy atom. The summed E-state index contributed by atoms with van der Waals surface area (Å²) in [5, 5.41) is 21.2. The first-order chi connectivity index (χ1) is 18.8. The van der Waals surface area contributed by atoms with Crippen LogP contribution in [0.3, 0.4) is 0 Å². The lowest BCUT2D eigenvalue weighted by atomic mass is 10.1. The van der Waals surface area contributed by atoms with Crippen molar-refractivity contribution in [2.45, 2.75) is 11.3 Å². The minimum absolute atomic E-state index is 0.0495. The Kier molecular flexibility index (Phi) is 8.55. The van der Waals surface area contributed by atoms with Gasteiger partial charge in [0.15, 0.2) is 0 Å². The molecular formula is C27H22N4O6S2. The third-order valence-corrected chi connectivity index (χ3v) is 7.42. The largest absolute Gasteiger partial charge is 0.497 e. The van der Waals surface area contributed by atoms with Crippen LogP contribution in [0.15, 0.2) is 83.3 Å². The van der Waals surface area contributed by atoms with E-state index in [4.69, 9.17) is 13.7 Å². The van der Waals surface area contributed by atoms with Crippen molar-refractivity contribution >= 4 is 38.6 Å². The van der Waals surface area contributed by atoms with E-state index < -0.39 is 16.0 Å². The summed E-state index contributed by atoms with van der Waals surface area (Å²) in [5.74, 6) is 0.458. The summed E-state index contributed by atoms with van der Waals surface area (Å²) in [6.45, 7) is 0. The molecule has 4 aromatic rings. The normalized spacial score (nSPS) is 11.4. The predicted octanol–water partition coefficient (Wildman–Crippen LogP) is 4.46. The highest BCUT2D eigenvalue weighted by molar-refractivity contribution is 7.87. The molecule has 10 nitrogen and oxygen atoms in total. The zero-order valence-electron chi connectivity index (χ0n) is 20.8. The van der Waals surface area contributed by atoms with Crippen molar-refractivity contribution in [3.05, 3.63) is 94.5 Å². The molecule has 0 atom stereocenters. The van der Waals surface area contributed by atoms with E-state index in [2.05, 4.69) is 15.5 Å².